The molecule has 0 unspecified atom stereocenters. The summed E-state index contributed by atoms with van der Waals surface area (Å²) in [5, 5.41) is 1.27. The van der Waals surface area contributed by atoms with Crippen LogP contribution in [0.3, 0.4) is 0 Å². The summed E-state index contributed by atoms with van der Waals surface area (Å²) in [6.45, 7) is 2.78. The molecule has 25 heavy (non-hydrogen) atoms. The van der Waals surface area contributed by atoms with E-state index in [-0.39, 0.29) is 5.82 Å². The van der Waals surface area contributed by atoms with E-state index in [0.29, 0.717) is 32.7 Å². The number of benzene rings is 2. The van der Waals surface area contributed by atoms with Crippen molar-refractivity contribution in [2.75, 3.05) is 26.2 Å². The fourth-order valence-corrected chi connectivity index (χ4v) is 4.02. The Bertz CT molecular complexity index is 830. The van der Waals surface area contributed by atoms with Crippen molar-refractivity contribution in [2.24, 2.45) is 0 Å². The molecular weight excluding hydrogens is 339 g/mol. The summed E-state index contributed by atoms with van der Waals surface area (Å²) in [7, 11) is -3.42. The van der Waals surface area contributed by atoms with Crippen LogP contribution in [-0.4, -0.2) is 43.8 Å². The van der Waals surface area contributed by atoms with E-state index < -0.39 is 10.0 Å². The average molecular weight is 360 g/mol. The van der Waals surface area contributed by atoms with Gasteiger partial charge in [-0.3, -0.25) is 4.90 Å². The van der Waals surface area contributed by atoms with Gasteiger partial charge in [-0.1, -0.05) is 42.5 Å². The van der Waals surface area contributed by atoms with Crippen molar-refractivity contribution < 1.29 is 12.8 Å². The van der Waals surface area contributed by atoms with Gasteiger partial charge >= 0.3 is 0 Å². The molecule has 0 saturated carbocycles. The molecule has 0 bridgehead atoms. The van der Waals surface area contributed by atoms with Crippen LogP contribution in [0, 0.1) is 5.82 Å². The lowest BCUT2D eigenvalue weighted by Crippen LogP contribution is -2.47. The number of halogens is 1. The van der Waals surface area contributed by atoms with Crippen LogP contribution >= 0.6 is 0 Å². The normalized spacial score (nSPS) is 17.2. The third kappa shape index (κ3) is 4.98. The first-order valence-electron chi connectivity index (χ1n) is 8.23. The van der Waals surface area contributed by atoms with Crippen LogP contribution in [0.1, 0.15) is 11.1 Å². The van der Waals surface area contributed by atoms with Crippen LogP contribution in [0.25, 0.3) is 6.08 Å². The van der Waals surface area contributed by atoms with Crippen molar-refractivity contribution in [3.8, 4) is 0 Å². The lowest BCUT2D eigenvalue weighted by atomic mass is 10.2. The molecule has 1 heterocycles. The molecule has 1 saturated heterocycles. The molecule has 0 radical (unpaired) electrons. The van der Waals surface area contributed by atoms with Crippen molar-refractivity contribution in [3.63, 3.8) is 0 Å². The summed E-state index contributed by atoms with van der Waals surface area (Å²) in [6.07, 6.45) is 1.62. The van der Waals surface area contributed by atoms with Crippen LogP contribution in [-0.2, 0) is 16.6 Å². The lowest BCUT2D eigenvalue weighted by Gasteiger charge is -2.33. The summed E-state index contributed by atoms with van der Waals surface area (Å²) in [5.74, 6) is -0.246. The van der Waals surface area contributed by atoms with Crippen LogP contribution in [0.2, 0.25) is 0 Å². The van der Waals surface area contributed by atoms with E-state index in [1.807, 2.05) is 36.4 Å². The first kappa shape index (κ1) is 17.8. The lowest BCUT2D eigenvalue weighted by molar-refractivity contribution is 0.182. The van der Waals surface area contributed by atoms with Gasteiger partial charge in [0.25, 0.3) is 0 Å². The monoisotopic (exact) mass is 360 g/mol. The summed E-state index contributed by atoms with van der Waals surface area (Å²) >= 11 is 0. The van der Waals surface area contributed by atoms with Gasteiger partial charge in [0.15, 0.2) is 0 Å². The van der Waals surface area contributed by atoms with Crippen molar-refractivity contribution in [2.45, 2.75) is 6.54 Å². The predicted octanol–water partition coefficient (Wildman–Crippen LogP) is 2.94. The van der Waals surface area contributed by atoms with Gasteiger partial charge in [0.05, 0.1) is 0 Å². The topological polar surface area (TPSA) is 40.6 Å². The molecule has 1 fully saturated rings. The second kappa shape index (κ2) is 7.91. The number of nitrogens with zero attached hydrogens (tertiary/aromatic N) is 2. The zero-order chi connectivity index (χ0) is 17.7. The smallest absolute Gasteiger partial charge is 0.236 e. The van der Waals surface area contributed by atoms with Crippen molar-refractivity contribution in [3.05, 3.63) is 76.9 Å². The molecule has 1 aliphatic rings. The van der Waals surface area contributed by atoms with Gasteiger partial charge in [-0.25, -0.2) is 12.8 Å². The molecule has 6 heteroatoms. The van der Waals surface area contributed by atoms with Crippen LogP contribution in [0.15, 0.2) is 60.0 Å². The predicted molar refractivity (Wildman–Crippen MR) is 97.6 cm³/mol. The molecule has 2 aromatic carbocycles. The second-order valence-electron chi connectivity index (χ2n) is 6.06. The van der Waals surface area contributed by atoms with E-state index in [2.05, 4.69) is 4.90 Å². The van der Waals surface area contributed by atoms with E-state index in [4.69, 9.17) is 0 Å². The SMILES string of the molecule is O=S(=O)(/C=C/c1ccccc1)N1CCN(Cc2cccc(F)c2)CC1. The number of hydrogen-bond acceptors (Lipinski definition) is 3. The van der Waals surface area contributed by atoms with Crippen molar-refractivity contribution >= 4 is 16.1 Å². The molecule has 132 valence electrons. The second-order valence-corrected chi connectivity index (χ2v) is 7.88. The Hall–Kier alpha value is -2.02. The molecular formula is C19H21FN2O2S. The van der Waals surface area contributed by atoms with E-state index in [9.17, 15) is 12.8 Å². The number of hydrogen-bond donors (Lipinski definition) is 0. The minimum Gasteiger partial charge on any atom is -0.296 e. The Balaban J connectivity index is 1.57. The highest BCUT2D eigenvalue weighted by Gasteiger charge is 2.24. The third-order valence-corrected chi connectivity index (χ3v) is 5.78. The molecule has 3 rings (SSSR count). The Morgan fingerprint density at radius 2 is 1.68 bits per heavy atom. The van der Waals surface area contributed by atoms with Gasteiger partial charge in [0.2, 0.25) is 10.0 Å². The fourth-order valence-electron chi connectivity index (χ4n) is 2.85. The molecule has 0 aliphatic carbocycles. The first-order chi connectivity index (χ1) is 12.0. The standard InChI is InChI=1S/C19H21FN2O2S/c20-19-8-4-7-18(15-19)16-21-10-12-22(13-11-21)25(23,24)14-9-17-5-2-1-3-6-17/h1-9,14-15H,10-13,16H2/b14-9+. The quantitative estimate of drug-likeness (QED) is 0.823. The van der Waals surface area contributed by atoms with Crippen molar-refractivity contribution in [1.82, 2.24) is 9.21 Å². The number of sulfonamides is 1. The van der Waals surface area contributed by atoms with Gasteiger partial charge in [-0.15, -0.1) is 0 Å². The maximum atomic E-state index is 13.3. The number of rotatable bonds is 5. The highest BCUT2D eigenvalue weighted by molar-refractivity contribution is 7.92. The molecule has 1 aliphatic heterocycles. The fraction of sp³-hybridized carbons (Fsp3) is 0.263. The maximum absolute atomic E-state index is 13.3. The Morgan fingerprint density at radius 1 is 0.960 bits per heavy atom. The van der Waals surface area contributed by atoms with Gasteiger partial charge < -0.3 is 0 Å². The van der Waals surface area contributed by atoms with E-state index in [1.165, 1.54) is 21.8 Å². The largest absolute Gasteiger partial charge is 0.296 e. The van der Waals surface area contributed by atoms with Gasteiger partial charge in [0.1, 0.15) is 5.82 Å². The summed E-state index contributed by atoms with van der Waals surface area (Å²) in [6, 6.07) is 15.9. The molecule has 0 atom stereocenters. The van der Waals surface area contributed by atoms with Gasteiger partial charge in [-0.2, -0.15) is 4.31 Å². The minimum absolute atomic E-state index is 0.246. The minimum atomic E-state index is -3.42. The zero-order valence-electron chi connectivity index (χ0n) is 13.9. The molecule has 0 N–H and O–H groups in total. The third-order valence-electron chi connectivity index (χ3n) is 4.22. The van der Waals surface area contributed by atoms with Crippen LogP contribution < -0.4 is 0 Å². The van der Waals surface area contributed by atoms with Crippen LogP contribution in [0.5, 0.6) is 0 Å². The van der Waals surface area contributed by atoms with Crippen LogP contribution in [0.4, 0.5) is 4.39 Å². The first-order valence-corrected chi connectivity index (χ1v) is 9.73. The number of piperazine rings is 1. The Kier molecular flexibility index (Phi) is 5.63. The molecule has 0 aromatic heterocycles. The zero-order valence-corrected chi connectivity index (χ0v) is 14.7. The average Bonchev–Trinajstić information content (AvgIpc) is 2.62. The highest BCUT2D eigenvalue weighted by Crippen LogP contribution is 2.14. The Morgan fingerprint density at radius 3 is 2.36 bits per heavy atom. The maximum Gasteiger partial charge on any atom is 0.236 e. The summed E-state index contributed by atoms with van der Waals surface area (Å²) in [4.78, 5) is 2.14. The molecule has 0 amide bonds. The molecule has 0 spiro atoms. The Labute approximate surface area is 148 Å². The van der Waals surface area contributed by atoms with E-state index in [1.54, 1.807) is 12.1 Å². The molecule has 4 nitrogen and oxygen atoms in total. The highest BCUT2D eigenvalue weighted by atomic mass is 32.2. The van der Waals surface area contributed by atoms with E-state index >= 15 is 0 Å². The summed E-state index contributed by atoms with van der Waals surface area (Å²) in [5.41, 5.74) is 1.76. The van der Waals surface area contributed by atoms with Crippen molar-refractivity contribution in [1.29, 1.82) is 0 Å². The summed E-state index contributed by atoms with van der Waals surface area (Å²) < 4.78 is 39.6. The van der Waals surface area contributed by atoms with E-state index in [0.717, 1.165) is 11.1 Å². The van der Waals surface area contributed by atoms with Gasteiger partial charge in [-0.05, 0) is 29.3 Å². The molecule has 2 aromatic rings. The van der Waals surface area contributed by atoms with Gasteiger partial charge in [0, 0.05) is 38.1 Å².